The van der Waals surface area contributed by atoms with Crippen LogP contribution < -0.4 is 4.74 Å². The van der Waals surface area contributed by atoms with Crippen LogP contribution in [-0.4, -0.2) is 35.0 Å². The number of nitrogens with zero attached hydrogens (tertiary/aromatic N) is 3. The third kappa shape index (κ3) is 3.65. The standard InChI is InChI=1S/C18H16FN3O3/c1-24-15-5-3-4-13(10-15)17-20-18(12-6-8-14(19)9-7-12)22(21-17)11-16(23)25-2/h3-10H,11H2,1-2H3. The normalized spacial score (nSPS) is 10.5. The molecule has 1 heterocycles. The fourth-order valence-corrected chi connectivity index (χ4v) is 2.34. The number of hydrogen-bond acceptors (Lipinski definition) is 5. The summed E-state index contributed by atoms with van der Waals surface area (Å²) < 4.78 is 24.6. The summed E-state index contributed by atoms with van der Waals surface area (Å²) in [6, 6.07) is 13.1. The van der Waals surface area contributed by atoms with Crippen molar-refractivity contribution in [2.45, 2.75) is 6.54 Å². The molecular formula is C18H16FN3O3. The molecule has 0 saturated heterocycles. The van der Waals surface area contributed by atoms with Gasteiger partial charge in [-0.05, 0) is 36.4 Å². The summed E-state index contributed by atoms with van der Waals surface area (Å²) in [4.78, 5) is 16.2. The Morgan fingerprint density at radius 1 is 1.12 bits per heavy atom. The molecule has 0 unspecified atom stereocenters. The highest BCUT2D eigenvalue weighted by molar-refractivity contribution is 5.71. The van der Waals surface area contributed by atoms with Gasteiger partial charge in [0.2, 0.25) is 0 Å². The van der Waals surface area contributed by atoms with Gasteiger partial charge >= 0.3 is 5.97 Å². The maximum Gasteiger partial charge on any atom is 0.327 e. The lowest BCUT2D eigenvalue weighted by molar-refractivity contribution is -0.141. The summed E-state index contributed by atoms with van der Waals surface area (Å²) in [6.07, 6.45) is 0. The molecule has 1 aromatic heterocycles. The van der Waals surface area contributed by atoms with E-state index in [1.165, 1.54) is 23.9 Å². The minimum Gasteiger partial charge on any atom is -0.497 e. The highest BCUT2D eigenvalue weighted by Crippen LogP contribution is 2.25. The molecule has 0 aliphatic heterocycles. The average Bonchev–Trinajstić information content (AvgIpc) is 3.06. The molecule has 7 heteroatoms. The number of rotatable bonds is 5. The first-order valence-corrected chi connectivity index (χ1v) is 7.52. The number of methoxy groups -OCH3 is 2. The van der Waals surface area contributed by atoms with Gasteiger partial charge in [0.05, 0.1) is 14.2 Å². The van der Waals surface area contributed by atoms with Crippen LogP contribution in [0.25, 0.3) is 22.8 Å². The van der Waals surface area contributed by atoms with Gasteiger partial charge in [-0.2, -0.15) is 0 Å². The number of hydrogen-bond donors (Lipinski definition) is 0. The summed E-state index contributed by atoms with van der Waals surface area (Å²) in [6.45, 7) is -0.0970. The van der Waals surface area contributed by atoms with Crippen molar-refractivity contribution in [3.63, 3.8) is 0 Å². The quantitative estimate of drug-likeness (QED) is 0.668. The Balaban J connectivity index is 2.07. The smallest absolute Gasteiger partial charge is 0.327 e. The zero-order chi connectivity index (χ0) is 17.8. The Morgan fingerprint density at radius 3 is 2.56 bits per heavy atom. The van der Waals surface area contributed by atoms with Crippen LogP contribution in [0.3, 0.4) is 0 Å². The fourth-order valence-electron chi connectivity index (χ4n) is 2.34. The van der Waals surface area contributed by atoms with Crippen molar-refractivity contribution in [2.24, 2.45) is 0 Å². The monoisotopic (exact) mass is 341 g/mol. The van der Waals surface area contributed by atoms with E-state index in [-0.39, 0.29) is 12.4 Å². The molecule has 3 aromatic rings. The molecule has 3 rings (SSSR count). The molecular weight excluding hydrogens is 325 g/mol. The number of carbonyl (C=O) groups excluding carboxylic acids is 1. The number of esters is 1. The van der Waals surface area contributed by atoms with E-state index in [2.05, 4.69) is 10.1 Å². The van der Waals surface area contributed by atoms with E-state index in [9.17, 15) is 9.18 Å². The van der Waals surface area contributed by atoms with Crippen molar-refractivity contribution < 1.29 is 18.7 Å². The predicted molar refractivity (Wildman–Crippen MR) is 89.4 cm³/mol. The Morgan fingerprint density at radius 2 is 1.88 bits per heavy atom. The van der Waals surface area contributed by atoms with Gasteiger partial charge in [-0.1, -0.05) is 12.1 Å². The first-order valence-electron chi connectivity index (χ1n) is 7.52. The Kier molecular flexibility index (Phi) is 4.74. The van der Waals surface area contributed by atoms with Gasteiger partial charge in [-0.25, -0.2) is 14.1 Å². The van der Waals surface area contributed by atoms with Gasteiger partial charge in [-0.3, -0.25) is 4.79 Å². The second-order valence-electron chi connectivity index (χ2n) is 5.23. The van der Waals surface area contributed by atoms with Gasteiger partial charge in [0.1, 0.15) is 18.1 Å². The van der Waals surface area contributed by atoms with E-state index in [1.807, 2.05) is 18.2 Å². The van der Waals surface area contributed by atoms with Crippen LogP contribution in [0, 0.1) is 5.82 Å². The average molecular weight is 341 g/mol. The molecule has 0 bridgehead atoms. The van der Waals surface area contributed by atoms with E-state index >= 15 is 0 Å². The Labute approximate surface area is 143 Å². The maximum atomic E-state index is 13.2. The molecule has 0 saturated carbocycles. The molecule has 25 heavy (non-hydrogen) atoms. The van der Waals surface area contributed by atoms with Crippen molar-refractivity contribution in [3.8, 4) is 28.5 Å². The highest BCUT2D eigenvalue weighted by atomic mass is 19.1. The topological polar surface area (TPSA) is 66.2 Å². The zero-order valence-corrected chi connectivity index (χ0v) is 13.8. The van der Waals surface area contributed by atoms with E-state index in [4.69, 9.17) is 9.47 Å². The van der Waals surface area contributed by atoms with Crippen molar-refractivity contribution in [1.29, 1.82) is 0 Å². The van der Waals surface area contributed by atoms with Crippen molar-refractivity contribution in [2.75, 3.05) is 14.2 Å². The fraction of sp³-hybridized carbons (Fsp3) is 0.167. The lowest BCUT2D eigenvalue weighted by Gasteiger charge is -2.04. The number of carbonyl (C=O) groups is 1. The lowest BCUT2D eigenvalue weighted by atomic mass is 10.2. The Hall–Kier alpha value is -3.22. The van der Waals surface area contributed by atoms with Crippen molar-refractivity contribution in [1.82, 2.24) is 14.8 Å². The van der Waals surface area contributed by atoms with Crippen LogP contribution in [0.15, 0.2) is 48.5 Å². The summed E-state index contributed by atoms with van der Waals surface area (Å²) in [7, 11) is 2.88. The van der Waals surface area contributed by atoms with Gasteiger partial charge in [0.25, 0.3) is 0 Å². The maximum absolute atomic E-state index is 13.2. The summed E-state index contributed by atoms with van der Waals surface area (Å²) in [5.74, 6) is 0.747. The highest BCUT2D eigenvalue weighted by Gasteiger charge is 2.16. The minimum atomic E-state index is -0.453. The van der Waals surface area contributed by atoms with Gasteiger partial charge < -0.3 is 9.47 Å². The van der Waals surface area contributed by atoms with E-state index in [0.29, 0.717) is 23.0 Å². The number of benzene rings is 2. The van der Waals surface area contributed by atoms with Crippen molar-refractivity contribution >= 4 is 5.97 Å². The first kappa shape index (κ1) is 16.6. The van der Waals surface area contributed by atoms with Crippen LogP contribution in [-0.2, 0) is 16.1 Å². The molecule has 2 aromatic carbocycles. The molecule has 0 N–H and O–H groups in total. The zero-order valence-electron chi connectivity index (χ0n) is 13.8. The first-order chi connectivity index (χ1) is 12.1. The molecule has 128 valence electrons. The third-order valence-corrected chi connectivity index (χ3v) is 3.61. The molecule has 0 aliphatic carbocycles. The molecule has 0 spiro atoms. The molecule has 0 fully saturated rings. The van der Waals surface area contributed by atoms with E-state index < -0.39 is 5.97 Å². The van der Waals surface area contributed by atoms with Crippen LogP contribution in [0.2, 0.25) is 0 Å². The third-order valence-electron chi connectivity index (χ3n) is 3.61. The minimum absolute atomic E-state index is 0.0970. The number of ether oxygens (including phenoxy) is 2. The van der Waals surface area contributed by atoms with Crippen LogP contribution >= 0.6 is 0 Å². The molecule has 0 radical (unpaired) electrons. The summed E-state index contributed by atoms with van der Waals surface area (Å²) in [5.41, 5.74) is 1.39. The molecule has 0 aliphatic rings. The van der Waals surface area contributed by atoms with Crippen LogP contribution in [0.1, 0.15) is 0 Å². The molecule has 0 amide bonds. The second kappa shape index (κ2) is 7.12. The summed E-state index contributed by atoms with van der Waals surface area (Å²) >= 11 is 0. The Bertz CT molecular complexity index is 891. The lowest BCUT2D eigenvalue weighted by Crippen LogP contribution is -2.14. The van der Waals surface area contributed by atoms with Crippen LogP contribution in [0.4, 0.5) is 4.39 Å². The molecule has 6 nitrogen and oxygen atoms in total. The molecule has 0 atom stereocenters. The van der Waals surface area contributed by atoms with E-state index in [0.717, 1.165) is 5.56 Å². The summed E-state index contributed by atoms with van der Waals surface area (Å²) in [5, 5.41) is 4.40. The van der Waals surface area contributed by atoms with Gasteiger partial charge in [0.15, 0.2) is 11.6 Å². The number of aromatic nitrogens is 3. The van der Waals surface area contributed by atoms with Gasteiger partial charge in [-0.15, -0.1) is 5.10 Å². The van der Waals surface area contributed by atoms with Crippen LogP contribution in [0.5, 0.6) is 5.75 Å². The SMILES string of the molecule is COC(=O)Cn1nc(-c2cccc(OC)c2)nc1-c1ccc(F)cc1. The van der Waals surface area contributed by atoms with Gasteiger partial charge in [0, 0.05) is 11.1 Å². The van der Waals surface area contributed by atoms with Crippen molar-refractivity contribution in [3.05, 3.63) is 54.3 Å². The largest absolute Gasteiger partial charge is 0.497 e. The predicted octanol–water partition coefficient (Wildman–Crippen LogP) is 2.93. The number of halogens is 1. The van der Waals surface area contributed by atoms with E-state index in [1.54, 1.807) is 25.3 Å². The second-order valence-corrected chi connectivity index (χ2v) is 5.23.